The second-order valence-corrected chi connectivity index (χ2v) is 9.76. The molecule has 4 rings (SSSR count). The first-order chi connectivity index (χ1) is 16.7. The van der Waals surface area contributed by atoms with Gasteiger partial charge in [-0.25, -0.2) is 9.18 Å². The number of pyridine rings is 1. The van der Waals surface area contributed by atoms with Crippen LogP contribution in [0.5, 0.6) is 5.75 Å². The van der Waals surface area contributed by atoms with E-state index in [9.17, 15) is 19.1 Å². The fourth-order valence-electron chi connectivity index (χ4n) is 5.05. The number of hydrogen-bond acceptors (Lipinski definition) is 5. The van der Waals surface area contributed by atoms with Gasteiger partial charge in [0.1, 0.15) is 17.1 Å². The van der Waals surface area contributed by atoms with E-state index in [1.54, 1.807) is 31.2 Å². The molecule has 1 heterocycles. The van der Waals surface area contributed by atoms with E-state index < -0.39 is 22.8 Å². The number of ether oxygens (including phenoxy) is 2. The summed E-state index contributed by atoms with van der Waals surface area (Å²) in [6.45, 7) is 5.81. The van der Waals surface area contributed by atoms with Crippen molar-refractivity contribution in [2.45, 2.75) is 39.2 Å². The lowest BCUT2D eigenvalue weighted by Crippen LogP contribution is -2.30. The summed E-state index contributed by atoms with van der Waals surface area (Å²) in [6.07, 6.45) is 2.34. The minimum absolute atomic E-state index is 0.00700. The number of benzene rings is 2. The number of nitrogens with zero attached hydrogens (tertiary/aromatic N) is 1. The number of hydrogen-bond donors (Lipinski definition) is 1. The zero-order chi connectivity index (χ0) is 25.5. The maximum absolute atomic E-state index is 14.6. The molecule has 1 aliphatic carbocycles. The molecule has 1 saturated carbocycles. The Bertz CT molecular complexity index is 1350. The van der Waals surface area contributed by atoms with E-state index in [2.05, 4.69) is 13.8 Å². The van der Waals surface area contributed by atoms with Gasteiger partial charge in [0.15, 0.2) is 0 Å². The van der Waals surface area contributed by atoms with Gasteiger partial charge in [-0.2, -0.15) is 0 Å². The summed E-state index contributed by atoms with van der Waals surface area (Å²) in [7, 11) is 1.50. The van der Waals surface area contributed by atoms with E-state index in [0.29, 0.717) is 28.8 Å². The van der Waals surface area contributed by atoms with Crippen LogP contribution in [0.4, 0.5) is 4.39 Å². The Hall–Kier alpha value is -2.90. The molecule has 6 nitrogen and oxygen atoms in total. The highest BCUT2D eigenvalue weighted by Gasteiger charge is 2.57. The van der Waals surface area contributed by atoms with Crippen LogP contribution in [-0.2, 0) is 16.7 Å². The molecule has 0 bridgehead atoms. The molecule has 186 valence electrons. The summed E-state index contributed by atoms with van der Waals surface area (Å²) < 4.78 is 27.2. The molecule has 1 fully saturated rings. The number of aliphatic hydroxyl groups is 1. The average molecular weight is 502 g/mol. The van der Waals surface area contributed by atoms with Crippen LogP contribution in [0.1, 0.15) is 48.7 Å². The van der Waals surface area contributed by atoms with Crippen molar-refractivity contribution in [3.8, 4) is 5.75 Å². The van der Waals surface area contributed by atoms with Crippen molar-refractivity contribution in [2.75, 3.05) is 20.3 Å². The number of esters is 1. The van der Waals surface area contributed by atoms with Gasteiger partial charge in [0.05, 0.1) is 36.4 Å². The lowest BCUT2D eigenvalue weighted by atomic mass is 9.98. The smallest absolute Gasteiger partial charge is 0.343 e. The summed E-state index contributed by atoms with van der Waals surface area (Å²) in [4.78, 5) is 26.2. The molecule has 8 heteroatoms. The number of carbonyl (C=O) groups is 1. The van der Waals surface area contributed by atoms with E-state index in [1.807, 2.05) is 4.57 Å². The summed E-state index contributed by atoms with van der Waals surface area (Å²) in [5.41, 5.74) is 0.220. The fourth-order valence-corrected chi connectivity index (χ4v) is 5.25. The Morgan fingerprint density at radius 2 is 2.06 bits per heavy atom. The SMILES string of the molecule is CCOC(=O)c1cn(C2(CO)CC2C(C)C)c2cc(OC)c(Cc3cccc(Cl)c3F)cc2c1=O. The molecule has 0 amide bonds. The predicted octanol–water partition coefficient (Wildman–Crippen LogP) is 4.93. The van der Waals surface area contributed by atoms with Crippen molar-refractivity contribution >= 4 is 28.5 Å². The van der Waals surface area contributed by atoms with Gasteiger partial charge in [-0.15, -0.1) is 0 Å². The largest absolute Gasteiger partial charge is 0.496 e. The summed E-state index contributed by atoms with van der Waals surface area (Å²) in [5.74, 6) is -0.343. The van der Waals surface area contributed by atoms with Crippen LogP contribution in [0.25, 0.3) is 10.9 Å². The maximum atomic E-state index is 14.6. The first-order valence-electron chi connectivity index (χ1n) is 11.7. The highest BCUT2D eigenvalue weighted by Crippen LogP contribution is 2.55. The third kappa shape index (κ3) is 4.32. The van der Waals surface area contributed by atoms with Crippen LogP contribution in [0.2, 0.25) is 5.02 Å². The van der Waals surface area contributed by atoms with Crippen molar-refractivity contribution in [3.05, 3.63) is 74.3 Å². The lowest BCUT2D eigenvalue weighted by Gasteiger charge is -2.25. The number of methoxy groups -OCH3 is 1. The number of aliphatic hydroxyl groups excluding tert-OH is 1. The predicted molar refractivity (Wildman–Crippen MR) is 133 cm³/mol. The molecule has 1 aliphatic rings. The van der Waals surface area contributed by atoms with E-state index in [0.717, 1.165) is 0 Å². The van der Waals surface area contributed by atoms with Crippen molar-refractivity contribution in [2.24, 2.45) is 11.8 Å². The third-order valence-electron chi connectivity index (χ3n) is 6.98. The van der Waals surface area contributed by atoms with Crippen LogP contribution < -0.4 is 10.2 Å². The van der Waals surface area contributed by atoms with Crippen molar-refractivity contribution in [3.63, 3.8) is 0 Å². The standard InChI is InChI=1S/C27H29ClFNO5/c1-5-35-26(33)19-13-30(27(14-31)12-20(27)15(2)3)22-11-23(34-4)17(10-18(22)25(19)32)9-16-7-6-8-21(28)24(16)29/h6-8,10-11,13,15,20,31H,5,9,12,14H2,1-4H3. The van der Waals surface area contributed by atoms with Crippen LogP contribution in [0, 0.1) is 17.7 Å². The minimum atomic E-state index is -0.721. The molecule has 1 aromatic heterocycles. The number of fused-ring (bicyclic) bond motifs is 1. The number of carbonyl (C=O) groups excluding carboxylic acids is 1. The molecule has 1 N–H and O–H groups in total. The number of halogens is 2. The highest BCUT2D eigenvalue weighted by molar-refractivity contribution is 6.30. The average Bonchev–Trinajstić information content (AvgIpc) is 3.58. The molecule has 2 atom stereocenters. The molecular formula is C27H29ClFNO5. The lowest BCUT2D eigenvalue weighted by molar-refractivity contribution is 0.0523. The topological polar surface area (TPSA) is 77.8 Å². The molecule has 0 radical (unpaired) electrons. The molecule has 35 heavy (non-hydrogen) atoms. The van der Waals surface area contributed by atoms with Gasteiger partial charge in [-0.3, -0.25) is 4.79 Å². The number of aromatic nitrogens is 1. The molecule has 0 spiro atoms. The van der Waals surface area contributed by atoms with Crippen molar-refractivity contribution in [1.29, 1.82) is 0 Å². The van der Waals surface area contributed by atoms with Crippen LogP contribution >= 0.6 is 11.6 Å². The van der Waals surface area contributed by atoms with Gasteiger partial charge in [0.25, 0.3) is 0 Å². The van der Waals surface area contributed by atoms with Crippen molar-refractivity contribution < 1.29 is 23.8 Å². The monoisotopic (exact) mass is 501 g/mol. The van der Waals surface area contributed by atoms with Crippen LogP contribution in [0.3, 0.4) is 0 Å². The quantitative estimate of drug-likeness (QED) is 0.443. The normalized spacial score (nSPS) is 19.3. The first-order valence-corrected chi connectivity index (χ1v) is 12.0. The highest BCUT2D eigenvalue weighted by atomic mass is 35.5. The van der Waals surface area contributed by atoms with Gasteiger partial charge in [-0.1, -0.05) is 37.6 Å². The molecular weight excluding hydrogens is 473 g/mol. The van der Waals surface area contributed by atoms with Gasteiger partial charge in [0, 0.05) is 24.1 Å². The van der Waals surface area contributed by atoms with Crippen LogP contribution in [-0.4, -0.2) is 36.0 Å². The summed E-state index contributed by atoms with van der Waals surface area (Å²) >= 11 is 5.96. The Labute approximate surface area is 208 Å². The second-order valence-electron chi connectivity index (χ2n) is 9.35. The minimum Gasteiger partial charge on any atom is -0.496 e. The Morgan fingerprint density at radius 1 is 1.31 bits per heavy atom. The second kappa shape index (κ2) is 9.63. The molecule has 0 saturated heterocycles. The molecule has 0 aliphatic heterocycles. The number of rotatable bonds is 8. The van der Waals surface area contributed by atoms with E-state index in [4.69, 9.17) is 21.1 Å². The Kier molecular flexibility index (Phi) is 6.93. The van der Waals surface area contributed by atoms with Crippen molar-refractivity contribution in [1.82, 2.24) is 4.57 Å². The van der Waals surface area contributed by atoms with Gasteiger partial charge < -0.3 is 19.1 Å². The fraction of sp³-hybridized carbons (Fsp3) is 0.407. The Balaban J connectivity index is 1.98. The zero-order valence-electron chi connectivity index (χ0n) is 20.2. The van der Waals surface area contributed by atoms with E-state index in [1.165, 1.54) is 19.4 Å². The molecule has 2 aromatic carbocycles. The maximum Gasteiger partial charge on any atom is 0.343 e. The Morgan fingerprint density at radius 3 is 2.66 bits per heavy atom. The zero-order valence-corrected chi connectivity index (χ0v) is 21.0. The third-order valence-corrected chi connectivity index (χ3v) is 7.27. The molecule has 2 unspecified atom stereocenters. The van der Waals surface area contributed by atoms with Gasteiger partial charge in [-0.05, 0) is 48.4 Å². The van der Waals surface area contributed by atoms with Crippen LogP contribution in [0.15, 0.2) is 41.3 Å². The summed E-state index contributed by atoms with van der Waals surface area (Å²) in [5, 5.41) is 10.7. The van der Waals surface area contributed by atoms with Gasteiger partial charge in [0.2, 0.25) is 5.43 Å². The summed E-state index contributed by atoms with van der Waals surface area (Å²) in [6, 6.07) is 8.10. The van der Waals surface area contributed by atoms with E-state index >= 15 is 0 Å². The van der Waals surface area contributed by atoms with E-state index in [-0.39, 0.29) is 47.4 Å². The van der Waals surface area contributed by atoms with Gasteiger partial charge >= 0.3 is 5.97 Å². The molecule has 3 aromatic rings. The first kappa shape index (κ1) is 25.2.